The minimum absolute atomic E-state index is 0.478. The second kappa shape index (κ2) is 8.95. The summed E-state index contributed by atoms with van der Waals surface area (Å²) in [6.45, 7) is 3.96. The summed E-state index contributed by atoms with van der Waals surface area (Å²) in [5, 5.41) is 3.51. The van der Waals surface area contributed by atoms with Crippen LogP contribution in [0.1, 0.15) is 31.7 Å². The van der Waals surface area contributed by atoms with Crippen molar-refractivity contribution >= 4 is 0 Å². The van der Waals surface area contributed by atoms with E-state index < -0.39 is 0 Å². The molecule has 3 nitrogen and oxygen atoms in total. The van der Waals surface area contributed by atoms with Crippen molar-refractivity contribution in [1.82, 2.24) is 5.32 Å². The van der Waals surface area contributed by atoms with Crippen molar-refractivity contribution in [3.05, 3.63) is 29.8 Å². The fourth-order valence-electron chi connectivity index (χ4n) is 2.04. The number of methoxy groups -OCH3 is 1. The number of benzene rings is 1. The average Bonchev–Trinajstić information content (AvgIpc) is 2.43. The molecule has 0 fully saturated rings. The maximum atomic E-state index is 5.71. The van der Waals surface area contributed by atoms with E-state index in [0.29, 0.717) is 6.04 Å². The van der Waals surface area contributed by atoms with Crippen molar-refractivity contribution in [3.8, 4) is 5.75 Å². The van der Waals surface area contributed by atoms with E-state index >= 15 is 0 Å². The van der Waals surface area contributed by atoms with Gasteiger partial charge in [-0.15, -0.1) is 0 Å². The smallest absolute Gasteiger partial charge is 0.118 e. The fourth-order valence-corrected chi connectivity index (χ4v) is 2.04. The van der Waals surface area contributed by atoms with Crippen LogP contribution in [-0.2, 0) is 6.42 Å². The Labute approximate surface area is 111 Å². The number of nitrogens with two attached hydrogens (primary N) is 1. The molecule has 0 amide bonds. The highest BCUT2D eigenvalue weighted by molar-refractivity contribution is 5.27. The summed E-state index contributed by atoms with van der Waals surface area (Å²) < 4.78 is 5.14. The summed E-state index contributed by atoms with van der Waals surface area (Å²) in [6.07, 6.45) is 4.60. The van der Waals surface area contributed by atoms with Gasteiger partial charge in [0.1, 0.15) is 5.75 Å². The summed E-state index contributed by atoms with van der Waals surface area (Å²) >= 11 is 0. The van der Waals surface area contributed by atoms with Crippen molar-refractivity contribution in [2.45, 2.75) is 38.6 Å². The zero-order valence-corrected chi connectivity index (χ0v) is 11.6. The number of hydrogen-bond acceptors (Lipinski definition) is 3. The lowest BCUT2D eigenvalue weighted by molar-refractivity contribution is 0.414. The highest BCUT2D eigenvalue weighted by Gasteiger charge is 2.03. The van der Waals surface area contributed by atoms with Gasteiger partial charge >= 0.3 is 0 Å². The van der Waals surface area contributed by atoms with E-state index in [1.54, 1.807) is 7.11 Å². The van der Waals surface area contributed by atoms with Crippen LogP contribution in [0.4, 0.5) is 0 Å². The lowest BCUT2D eigenvalue weighted by Crippen LogP contribution is -2.36. The molecule has 1 aromatic carbocycles. The van der Waals surface area contributed by atoms with Crippen molar-refractivity contribution in [1.29, 1.82) is 0 Å². The van der Waals surface area contributed by atoms with E-state index in [1.807, 2.05) is 12.1 Å². The molecule has 3 N–H and O–H groups in total. The molecule has 1 aromatic rings. The standard InChI is InChI=1S/C15H26N2O/c1-3-5-14(12-16)17-11-4-6-13-7-9-15(18-2)10-8-13/h7-10,14,17H,3-6,11-12,16H2,1-2H3/t14-/m0/s1. The highest BCUT2D eigenvalue weighted by atomic mass is 16.5. The Hall–Kier alpha value is -1.06. The third-order valence-corrected chi connectivity index (χ3v) is 3.16. The third kappa shape index (κ3) is 5.52. The molecular weight excluding hydrogens is 224 g/mol. The maximum absolute atomic E-state index is 5.71. The van der Waals surface area contributed by atoms with Crippen molar-refractivity contribution in [3.63, 3.8) is 0 Å². The van der Waals surface area contributed by atoms with Gasteiger partial charge in [0.25, 0.3) is 0 Å². The lowest BCUT2D eigenvalue weighted by Gasteiger charge is -2.15. The summed E-state index contributed by atoms with van der Waals surface area (Å²) in [5.41, 5.74) is 7.07. The van der Waals surface area contributed by atoms with Crippen LogP contribution in [0.5, 0.6) is 5.75 Å². The van der Waals surface area contributed by atoms with Gasteiger partial charge in [-0.1, -0.05) is 25.5 Å². The molecule has 0 spiro atoms. The molecule has 0 bridgehead atoms. The van der Waals surface area contributed by atoms with Gasteiger partial charge in [0, 0.05) is 12.6 Å². The molecule has 0 aromatic heterocycles. The van der Waals surface area contributed by atoms with Crippen molar-refractivity contribution in [2.24, 2.45) is 5.73 Å². The van der Waals surface area contributed by atoms with Gasteiger partial charge in [0.2, 0.25) is 0 Å². The SMILES string of the molecule is CCC[C@@H](CN)NCCCc1ccc(OC)cc1. The van der Waals surface area contributed by atoms with Crippen LogP contribution < -0.4 is 15.8 Å². The van der Waals surface area contributed by atoms with Gasteiger partial charge in [-0.25, -0.2) is 0 Å². The number of hydrogen-bond donors (Lipinski definition) is 2. The summed E-state index contributed by atoms with van der Waals surface area (Å²) in [6, 6.07) is 8.77. The van der Waals surface area contributed by atoms with Gasteiger partial charge < -0.3 is 15.8 Å². The molecule has 18 heavy (non-hydrogen) atoms. The first-order valence-electron chi connectivity index (χ1n) is 6.86. The molecule has 0 aliphatic carbocycles. The largest absolute Gasteiger partial charge is 0.497 e. The zero-order valence-electron chi connectivity index (χ0n) is 11.6. The molecule has 0 saturated carbocycles. The molecule has 1 atom stereocenters. The highest BCUT2D eigenvalue weighted by Crippen LogP contribution is 2.12. The van der Waals surface area contributed by atoms with E-state index in [0.717, 1.165) is 31.7 Å². The first-order chi connectivity index (χ1) is 8.80. The van der Waals surface area contributed by atoms with E-state index in [1.165, 1.54) is 18.4 Å². The van der Waals surface area contributed by atoms with Crippen LogP contribution in [0.3, 0.4) is 0 Å². The molecular formula is C15H26N2O. The minimum atomic E-state index is 0.478. The van der Waals surface area contributed by atoms with Gasteiger partial charge in [0.15, 0.2) is 0 Å². The fraction of sp³-hybridized carbons (Fsp3) is 0.600. The molecule has 0 aliphatic heterocycles. The third-order valence-electron chi connectivity index (χ3n) is 3.16. The van der Waals surface area contributed by atoms with Crippen LogP contribution in [0, 0.1) is 0 Å². The van der Waals surface area contributed by atoms with Crippen LogP contribution in [0.25, 0.3) is 0 Å². The predicted octanol–water partition coefficient (Wildman–Crippen LogP) is 2.34. The predicted molar refractivity (Wildman–Crippen MR) is 77.1 cm³/mol. The summed E-state index contributed by atoms with van der Waals surface area (Å²) in [5.74, 6) is 0.919. The van der Waals surface area contributed by atoms with Gasteiger partial charge in [-0.05, 0) is 43.5 Å². The van der Waals surface area contributed by atoms with E-state index in [2.05, 4.69) is 24.4 Å². The van der Waals surface area contributed by atoms with Crippen molar-refractivity contribution < 1.29 is 4.74 Å². The average molecular weight is 250 g/mol. The first-order valence-corrected chi connectivity index (χ1v) is 6.86. The second-order valence-corrected chi connectivity index (χ2v) is 4.63. The normalized spacial score (nSPS) is 12.4. The lowest BCUT2D eigenvalue weighted by atomic mass is 10.1. The molecule has 1 rings (SSSR count). The summed E-state index contributed by atoms with van der Waals surface area (Å²) in [4.78, 5) is 0. The molecule has 0 heterocycles. The van der Waals surface area contributed by atoms with E-state index in [9.17, 15) is 0 Å². The second-order valence-electron chi connectivity index (χ2n) is 4.63. The Morgan fingerprint density at radius 1 is 1.28 bits per heavy atom. The topological polar surface area (TPSA) is 47.3 Å². The van der Waals surface area contributed by atoms with Crippen molar-refractivity contribution in [2.75, 3.05) is 20.2 Å². The minimum Gasteiger partial charge on any atom is -0.497 e. The Morgan fingerprint density at radius 3 is 2.56 bits per heavy atom. The molecule has 0 saturated heterocycles. The Kier molecular flexibility index (Phi) is 7.46. The Bertz CT molecular complexity index is 311. The number of aryl methyl sites for hydroxylation is 1. The van der Waals surface area contributed by atoms with E-state index in [-0.39, 0.29) is 0 Å². The Balaban J connectivity index is 2.20. The monoisotopic (exact) mass is 250 g/mol. The molecule has 0 aliphatic rings. The van der Waals surface area contributed by atoms with E-state index in [4.69, 9.17) is 10.5 Å². The zero-order chi connectivity index (χ0) is 13.2. The molecule has 0 unspecified atom stereocenters. The Morgan fingerprint density at radius 2 is 2.00 bits per heavy atom. The number of rotatable bonds is 9. The summed E-state index contributed by atoms with van der Waals surface area (Å²) in [7, 11) is 1.69. The first kappa shape index (κ1) is 15.0. The van der Waals surface area contributed by atoms with Gasteiger partial charge in [-0.3, -0.25) is 0 Å². The molecule has 102 valence electrons. The van der Waals surface area contributed by atoms with Crippen LogP contribution in [0.2, 0.25) is 0 Å². The maximum Gasteiger partial charge on any atom is 0.118 e. The number of ether oxygens (including phenoxy) is 1. The van der Waals surface area contributed by atoms with Gasteiger partial charge in [-0.2, -0.15) is 0 Å². The quantitative estimate of drug-likeness (QED) is 0.661. The van der Waals surface area contributed by atoms with Crippen LogP contribution >= 0.6 is 0 Å². The molecule has 3 heteroatoms. The molecule has 0 radical (unpaired) electrons. The van der Waals surface area contributed by atoms with Crippen LogP contribution in [0.15, 0.2) is 24.3 Å². The van der Waals surface area contributed by atoms with Crippen LogP contribution in [-0.4, -0.2) is 26.2 Å². The van der Waals surface area contributed by atoms with Gasteiger partial charge in [0.05, 0.1) is 7.11 Å². The number of nitrogens with one attached hydrogen (secondary N) is 1.